The van der Waals surface area contributed by atoms with Gasteiger partial charge in [0.05, 0.1) is 0 Å². The van der Waals surface area contributed by atoms with Gasteiger partial charge in [0.2, 0.25) is 5.91 Å². The number of nitrogens with zero attached hydrogens (tertiary/aromatic N) is 1. The second-order valence-corrected chi connectivity index (χ2v) is 4.80. The highest BCUT2D eigenvalue weighted by Gasteiger charge is 2.26. The molecule has 0 saturated carbocycles. The maximum atomic E-state index is 12.3. The third-order valence-corrected chi connectivity index (χ3v) is 3.57. The predicted octanol–water partition coefficient (Wildman–Crippen LogP) is 0.897. The molecule has 0 aromatic heterocycles. The number of nitrogens with two attached hydrogens (primary N) is 1. The number of carbonyl (C=O) groups excluding carboxylic acids is 1. The van der Waals surface area contributed by atoms with E-state index in [1.165, 1.54) is 0 Å². The molecule has 98 valence electrons. The maximum absolute atomic E-state index is 12.3. The molecule has 1 aliphatic rings. The number of piperidine rings is 1. The minimum atomic E-state index is -0.540. The third-order valence-electron chi connectivity index (χ3n) is 3.57. The molecule has 1 aliphatic heterocycles. The Kier molecular flexibility index (Phi) is 4.33. The zero-order valence-corrected chi connectivity index (χ0v) is 10.8. The zero-order valence-electron chi connectivity index (χ0n) is 10.8. The Morgan fingerprint density at radius 2 is 2.17 bits per heavy atom. The smallest absolute Gasteiger partial charge is 0.244 e. The number of hydrogen-bond donors (Lipinski definition) is 2. The normalized spacial score (nSPS) is 21.7. The lowest BCUT2D eigenvalue weighted by Gasteiger charge is -2.34. The van der Waals surface area contributed by atoms with Gasteiger partial charge in [-0.25, -0.2) is 0 Å². The molecule has 1 amide bonds. The Morgan fingerprint density at radius 1 is 1.44 bits per heavy atom. The first-order chi connectivity index (χ1) is 8.72. The quantitative estimate of drug-likeness (QED) is 0.834. The van der Waals surface area contributed by atoms with E-state index >= 15 is 0 Å². The Morgan fingerprint density at radius 3 is 2.83 bits per heavy atom. The molecule has 1 heterocycles. The van der Waals surface area contributed by atoms with Crippen LogP contribution in [-0.2, 0) is 4.79 Å². The molecule has 0 aliphatic carbocycles. The van der Waals surface area contributed by atoms with E-state index in [0.717, 1.165) is 31.5 Å². The van der Waals surface area contributed by atoms with Gasteiger partial charge in [-0.15, -0.1) is 0 Å². The summed E-state index contributed by atoms with van der Waals surface area (Å²) in [6.07, 6.45) is 2.17. The Bertz CT molecular complexity index is 393. The Labute approximate surface area is 108 Å². The molecule has 4 nitrogen and oxygen atoms in total. The summed E-state index contributed by atoms with van der Waals surface area (Å²) >= 11 is 0. The van der Waals surface area contributed by atoms with Crippen LogP contribution in [0.4, 0.5) is 0 Å². The largest absolute Gasteiger partial charge is 0.339 e. The van der Waals surface area contributed by atoms with Gasteiger partial charge in [-0.1, -0.05) is 30.3 Å². The number of amides is 1. The van der Waals surface area contributed by atoms with Crippen molar-refractivity contribution in [3.63, 3.8) is 0 Å². The number of likely N-dealkylation sites (N-methyl/N-ethyl adjacent to an activating group) is 1. The van der Waals surface area contributed by atoms with Crippen LogP contribution in [0, 0.1) is 0 Å². The summed E-state index contributed by atoms with van der Waals surface area (Å²) < 4.78 is 0. The first-order valence-corrected chi connectivity index (χ1v) is 6.49. The van der Waals surface area contributed by atoms with E-state index in [1.54, 1.807) is 0 Å². The van der Waals surface area contributed by atoms with Crippen LogP contribution in [0.3, 0.4) is 0 Å². The van der Waals surface area contributed by atoms with Crippen molar-refractivity contribution in [3.8, 4) is 0 Å². The van der Waals surface area contributed by atoms with E-state index in [4.69, 9.17) is 5.73 Å². The molecule has 0 bridgehead atoms. The molecule has 1 saturated heterocycles. The standard InChI is InChI=1S/C14H21N3O/c1-16-12-8-5-9-17(10-12)14(18)13(15)11-6-3-2-4-7-11/h2-4,6-7,12-13,16H,5,8-10,15H2,1H3. The summed E-state index contributed by atoms with van der Waals surface area (Å²) in [5, 5.41) is 3.23. The van der Waals surface area contributed by atoms with Crippen molar-refractivity contribution in [1.29, 1.82) is 0 Å². The molecule has 2 unspecified atom stereocenters. The van der Waals surface area contributed by atoms with Gasteiger partial charge >= 0.3 is 0 Å². The molecule has 3 N–H and O–H groups in total. The molecular weight excluding hydrogens is 226 g/mol. The van der Waals surface area contributed by atoms with Crippen LogP contribution >= 0.6 is 0 Å². The first kappa shape index (κ1) is 13.1. The van der Waals surface area contributed by atoms with Gasteiger partial charge in [-0.2, -0.15) is 0 Å². The highest BCUT2D eigenvalue weighted by atomic mass is 16.2. The van der Waals surface area contributed by atoms with E-state index < -0.39 is 6.04 Å². The molecule has 4 heteroatoms. The van der Waals surface area contributed by atoms with Crippen molar-refractivity contribution in [2.24, 2.45) is 5.73 Å². The van der Waals surface area contributed by atoms with E-state index in [0.29, 0.717) is 6.04 Å². The summed E-state index contributed by atoms with van der Waals surface area (Å²) in [6.45, 7) is 1.58. The number of nitrogens with one attached hydrogen (secondary N) is 1. The SMILES string of the molecule is CNC1CCCN(C(=O)C(N)c2ccccc2)C1. The molecule has 18 heavy (non-hydrogen) atoms. The number of rotatable bonds is 3. The summed E-state index contributed by atoms with van der Waals surface area (Å²) in [5.74, 6) is 0.0288. The minimum Gasteiger partial charge on any atom is -0.339 e. The van der Waals surface area contributed by atoms with E-state index in [1.807, 2.05) is 42.3 Å². The van der Waals surface area contributed by atoms with Crippen LogP contribution < -0.4 is 11.1 Å². The van der Waals surface area contributed by atoms with Crippen molar-refractivity contribution < 1.29 is 4.79 Å². The summed E-state index contributed by atoms with van der Waals surface area (Å²) in [4.78, 5) is 14.2. The van der Waals surface area contributed by atoms with Crippen LogP contribution in [-0.4, -0.2) is 37.0 Å². The number of carbonyl (C=O) groups is 1. The van der Waals surface area contributed by atoms with Crippen molar-refractivity contribution in [3.05, 3.63) is 35.9 Å². The van der Waals surface area contributed by atoms with Gasteiger partial charge in [-0.3, -0.25) is 4.79 Å². The minimum absolute atomic E-state index is 0.0288. The van der Waals surface area contributed by atoms with Gasteiger partial charge in [-0.05, 0) is 25.5 Å². The number of hydrogen-bond acceptors (Lipinski definition) is 3. The maximum Gasteiger partial charge on any atom is 0.244 e. The molecule has 0 spiro atoms. The van der Waals surface area contributed by atoms with E-state index in [9.17, 15) is 4.79 Å². The first-order valence-electron chi connectivity index (χ1n) is 6.49. The lowest BCUT2D eigenvalue weighted by atomic mass is 10.0. The van der Waals surface area contributed by atoms with Gasteiger partial charge in [0, 0.05) is 19.1 Å². The summed E-state index contributed by atoms with van der Waals surface area (Å²) in [7, 11) is 1.94. The fourth-order valence-corrected chi connectivity index (χ4v) is 2.41. The van der Waals surface area contributed by atoms with E-state index in [2.05, 4.69) is 5.32 Å². The van der Waals surface area contributed by atoms with Gasteiger partial charge in [0.15, 0.2) is 0 Å². The number of likely N-dealkylation sites (tertiary alicyclic amines) is 1. The highest BCUT2D eigenvalue weighted by Crippen LogP contribution is 2.17. The van der Waals surface area contributed by atoms with Crippen molar-refractivity contribution in [2.45, 2.75) is 24.9 Å². The molecule has 1 fully saturated rings. The van der Waals surface area contributed by atoms with Gasteiger partial charge < -0.3 is 16.0 Å². The topological polar surface area (TPSA) is 58.4 Å². The average molecular weight is 247 g/mol. The van der Waals surface area contributed by atoms with Crippen molar-refractivity contribution in [1.82, 2.24) is 10.2 Å². The van der Waals surface area contributed by atoms with Crippen LogP contribution in [0.2, 0.25) is 0 Å². The molecule has 2 rings (SSSR count). The highest BCUT2D eigenvalue weighted by molar-refractivity contribution is 5.83. The lowest BCUT2D eigenvalue weighted by Crippen LogP contribution is -2.49. The molecule has 1 aromatic carbocycles. The molecular formula is C14H21N3O. The van der Waals surface area contributed by atoms with Crippen LogP contribution in [0.25, 0.3) is 0 Å². The average Bonchev–Trinajstić information content (AvgIpc) is 2.46. The predicted molar refractivity (Wildman–Crippen MR) is 72.0 cm³/mol. The fourth-order valence-electron chi connectivity index (χ4n) is 2.41. The summed E-state index contributed by atoms with van der Waals surface area (Å²) in [5.41, 5.74) is 6.93. The number of benzene rings is 1. The molecule has 0 radical (unpaired) electrons. The van der Waals surface area contributed by atoms with Gasteiger partial charge in [0.25, 0.3) is 0 Å². The third kappa shape index (κ3) is 2.89. The van der Waals surface area contributed by atoms with Crippen LogP contribution in [0.5, 0.6) is 0 Å². The Balaban J connectivity index is 2.02. The zero-order chi connectivity index (χ0) is 13.0. The molecule has 2 atom stereocenters. The van der Waals surface area contributed by atoms with Crippen molar-refractivity contribution in [2.75, 3.05) is 20.1 Å². The van der Waals surface area contributed by atoms with E-state index in [-0.39, 0.29) is 5.91 Å². The van der Waals surface area contributed by atoms with Gasteiger partial charge in [0.1, 0.15) is 6.04 Å². The fraction of sp³-hybridized carbons (Fsp3) is 0.500. The van der Waals surface area contributed by atoms with Crippen molar-refractivity contribution >= 4 is 5.91 Å². The molecule has 1 aromatic rings. The van der Waals surface area contributed by atoms with Crippen LogP contribution in [0.15, 0.2) is 30.3 Å². The Hall–Kier alpha value is -1.39. The van der Waals surface area contributed by atoms with Crippen LogP contribution in [0.1, 0.15) is 24.4 Å². The monoisotopic (exact) mass is 247 g/mol. The second-order valence-electron chi connectivity index (χ2n) is 4.80. The summed E-state index contributed by atoms with van der Waals surface area (Å²) in [6, 6.07) is 9.42. The second kappa shape index (κ2) is 5.98. The lowest BCUT2D eigenvalue weighted by molar-refractivity contribution is -0.134.